The van der Waals surface area contributed by atoms with Crippen LogP contribution in [0.4, 0.5) is 5.82 Å². The molecule has 2 aromatic rings. The second kappa shape index (κ2) is 7.78. The highest BCUT2D eigenvalue weighted by molar-refractivity contribution is 7.89. The van der Waals surface area contributed by atoms with Gasteiger partial charge in [0.15, 0.2) is 0 Å². The lowest BCUT2D eigenvalue weighted by atomic mass is 10.2. The van der Waals surface area contributed by atoms with Gasteiger partial charge >= 0.3 is 0 Å². The molecule has 0 spiro atoms. The summed E-state index contributed by atoms with van der Waals surface area (Å²) in [5.74, 6) is 1.18. The van der Waals surface area contributed by atoms with Crippen LogP contribution in [-0.2, 0) is 21.3 Å². The van der Waals surface area contributed by atoms with Gasteiger partial charge in [-0.3, -0.25) is 0 Å². The molecule has 0 bridgehead atoms. The molecule has 0 aliphatic carbocycles. The van der Waals surface area contributed by atoms with E-state index in [1.54, 1.807) is 0 Å². The first-order chi connectivity index (χ1) is 12.5. The van der Waals surface area contributed by atoms with Crippen molar-refractivity contribution >= 4 is 15.8 Å². The number of anilines is 1. The number of nitrogens with one attached hydrogen (secondary N) is 1. The van der Waals surface area contributed by atoms with E-state index in [1.165, 1.54) is 24.3 Å². The van der Waals surface area contributed by atoms with Crippen molar-refractivity contribution in [1.29, 1.82) is 5.26 Å². The molecule has 1 N–H and O–H groups in total. The number of ether oxygens (including phenoxy) is 1. The topological polar surface area (TPSA) is 108 Å². The molecule has 0 saturated carbocycles. The SMILES string of the molecule is Cc1cc(N2CCOCC2)nc(CNS(=O)(=O)c2ccc(C#N)cc2)n1. The Kier molecular flexibility index (Phi) is 5.46. The van der Waals surface area contributed by atoms with Crippen LogP contribution in [0, 0.1) is 18.3 Å². The van der Waals surface area contributed by atoms with E-state index in [0.717, 1.165) is 24.6 Å². The van der Waals surface area contributed by atoms with Crippen molar-refractivity contribution in [3.8, 4) is 6.07 Å². The zero-order valence-electron chi connectivity index (χ0n) is 14.3. The van der Waals surface area contributed by atoms with Crippen LogP contribution in [-0.4, -0.2) is 44.7 Å². The zero-order chi connectivity index (χ0) is 18.6. The molecule has 26 heavy (non-hydrogen) atoms. The van der Waals surface area contributed by atoms with E-state index in [1.807, 2.05) is 19.1 Å². The van der Waals surface area contributed by atoms with Crippen molar-refractivity contribution in [2.24, 2.45) is 0 Å². The third-order valence-corrected chi connectivity index (χ3v) is 5.35. The Morgan fingerprint density at radius 1 is 1.23 bits per heavy atom. The predicted molar refractivity (Wildman–Crippen MR) is 95.0 cm³/mol. The maximum Gasteiger partial charge on any atom is 0.240 e. The van der Waals surface area contributed by atoms with Crippen molar-refractivity contribution in [2.45, 2.75) is 18.4 Å². The van der Waals surface area contributed by atoms with Crippen LogP contribution in [0.3, 0.4) is 0 Å². The van der Waals surface area contributed by atoms with E-state index in [4.69, 9.17) is 10.00 Å². The van der Waals surface area contributed by atoms with Crippen LogP contribution in [0.15, 0.2) is 35.2 Å². The Morgan fingerprint density at radius 3 is 2.58 bits per heavy atom. The summed E-state index contributed by atoms with van der Waals surface area (Å²) in [6.45, 7) is 4.61. The highest BCUT2D eigenvalue weighted by atomic mass is 32.2. The molecule has 1 aromatic heterocycles. The van der Waals surface area contributed by atoms with Crippen molar-refractivity contribution in [3.63, 3.8) is 0 Å². The van der Waals surface area contributed by atoms with Gasteiger partial charge in [-0.1, -0.05) is 0 Å². The van der Waals surface area contributed by atoms with Crippen molar-refractivity contribution in [1.82, 2.24) is 14.7 Å². The fraction of sp³-hybridized carbons (Fsp3) is 0.353. The predicted octanol–water partition coefficient (Wildman–Crippen LogP) is 0.972. The number of aromatic nitrogens is 2. The van der Waals surface area contributed by atoms with E-state index in [9.17, 15) is 8.42 Å². The van der Waals surface area contributed by atoms with E-state index in [2.05, 4.69) is 19.6 Å². The summed E-state index contributed by atoms with van der Waals surface area (Å²) < 4.78 is 32.7. The fourth-order valence-electron chi connectivity index (χ4n) is 2.60. The Bertz CT molecular complexity index is 916. The Balaban J connectivity index is 1.74. The number of morpholine rings is 1. The number of benzene rings is 1. The third kappa shape index (κ3) is 4.35. The maximum atomic E-state index is 12.4. The average molecular weight is 373 g/mol. The molecule has 0 unspecified atom stereocenters. The van der Waals surface area contributed by atoms with E-state index < -0.39 is 10.0 Å². The van der Waals surface area contributed by atoms with Gasteiger partial charge in [0.1, 0.15) is 11.6 Å². The zero-order valence-corrected chi connectivity index (χ0v) is 15.2. The van der Waals surface area contributed by atoms with Crippen LogP contribution < -0.4 is 9.62 Å². The number of hydrogen-bond acceptors (Lipinski definition) is 7. The second-order valence-corrected chi connectivity index (χ2v) is 7.61. The summed E-state index contributed by atoms with van der Waals surface area (Å²) >= 11 is 0. The van der Waals surface area contributed by atoms with E-state index in [0.29, 0.717) is 24.6 Å². The van der Waals surface area contributed by atoms with Crippen LogP contribution in [0.25, 0.3) is 0 Å². The van der Waals surface area contributed by atoms with Gasteiger partial charge in [-0.05, 0) is 31.2 Å². The highest BCUT2D eigenvalue weighted by Crippen LogP contribution is 2.15. The van der Waals surface area contributed by atoms with Crippen LogP contribution in [0.5, 0.6) is 0 Å². The van der Waals surface area contributed by atoms with Gasteiger partial charge in [-0.15, -0.1) is 0 Å². The molecule has 1 aromatic carbocycles. The van der Waals surface area contributed by atoms with Crippen molar-refractivity contribution in [3.05, 3.63) is 47.4 Å². The standard InChI is InChI=1S/C17H19N5O3S/c1-13-10-17(22-6-8-25-9-7-22)21-16(20-13)12-19-26(23,24)15-4-2-14(11-18)3-5-15/h2-5,10,19H,6-9,12H2,1H3. The lowest BCUT2D eigenvalue weighted by Crippen LogP contribution is -2.37. The molecule has 1 aliphatic heterocycles. The first kappa shape index (κ1) is 18.3. The smallest absolute Gasteiger partial charge is 0.240 e. The number of aryl methyl sites for hydroxylation is 1. The molecule has 9 heteroatoms. The first-order valence-electron chi connectivity index (χ1n) is 8.15. The van der Waals surface area contributed by atoms with Gasteiger partial charge in [-0.2, -0.15) is 5.26 Å². The largest absolute Gasteiger partial charge is 0.378 e. The Morgan fingerprint density at radius 2 is 1.92 bits per heavy atom. The lowest BCUT2D eigenvalue weighted by Gasteiger charge is -2.28. The molecule has 0 atom stereocenters. The van der Waals surface area contributed by atoms with Gasteiger partial charge < -0.3 is 9.64 Å². The van der Waals surface area contributed by atoms with Gasteiger partial charge in [0.05, 0.1) is 36.3 Å². The van der Waals surface area contributed by atoms with Crippen LogP contribution >= 0.6 is 0 Å². The van der Waals surface area contributed by atoms with Crippen LogP contribution in [0.1, 0.15) is 17.1 Å². The molecule has 0 radical (unpaired) electrons. The van der Waals surface area contributed by atoms with Gasteiger partial charge in [0, 0.05) is 24.8 Å². The fourth-order valence-corrected chi connectivity index (χ4v) is 3.58. The number of nitrogens with zero attached hydrogens (tertiary/aromatic N) is 4. The van der Waals surface area contributed by atoms with Crippen LogP contribution in [0.2, 0.25) is 0 Å². The maximum absolute atomic E-state index is 12.4. The molecule has 1 aliphatic rings. The summed E-state index contributed by atoms with van der Waals surface area (Å²) in [5.41, 5.74) is 1.18. The highest BCUT2D eigenvalue weighted by Gasteiger charge is 2.17. The van der Waals surface area contributed by atoms with Crippen molar-refractivity contribution in [2.75, 3.05) is 31.2 Å². The minimum atomic E-state index is -3.71. The van der Waals surface area contributed by atoms with Gasteiger partial charge in [0.25, 0.3) is 0 Å². The van der Waals surface area contributed by atoms with E-state index >= 15 is 0 Å². The van der Waals surface area contributed by atoms with Gasteiger partial charge in [0.2, 0.25) is 10.0 Å². The number of sulfonamides is 1. The molecule has 1 fully saturated rings. The average Bonchev–Trinajstić information content (AvgIpc) is 2.67. The molecule has 2 heterocycles. The third-order valence-electron chi connectivity index (χ3n) is 3.94. The molecule has 3 rings (SSSR count). The Labute approximate surface area is 152 Å². The molecule has 8 nitrogen and oxygen atoms in total. The monoisotopic (exact) mass is 373 g/mol. The minimum Gasteiger partial charge on any atom is -0.378 e. The molecule has 136 valence electrons. The molecule has 0 amide bonds. The summed E-state index contributed by atoms with van der Waals surface area (Å²) in [6.07, 6.45) is 0. The number of hydrogen-bond donors (Lipinski definition) is 1. The minimum absolute atomic E-state index is 0.0125. The number of nitriles is 1. The molecule has 1 saturated heterocycles. The summed E-state index contributed by atoms with van der Waals surface area (Å²) in [7, 11) is -3.71. The summed E-state index contributed by atoms with van der Waals surface area (Å²) in [6, 6.07) is 9.57. The summed E-state index contributed by atoms with van der Waals surface area (Å²) in [5, 5.41) is 8.80. The normalized spacial score (nSPS) is 14.8. The van der Waals surface area contributed by atoms with Gasteiger partial charge in [-0.25, -0.2) is 23.1 Å². The first-order valence-corrected chi connectivity index (χ1v) is 9.63. The van der Waals surface area contributed by atoms with Crippen molar-refractivity contribution < 1.29 is 13.2 Å². The second-order valence-electron chi connectivity index (χ2n) is 5.84. The van der Waals surface area contributed by atoms with E-state index in [-0.39, 0.29) is 11.4 Å². The Hall–Kier alpha value is -2.54. The number of rotatable bonds is 5. The molecular weight excluding hydrogens is 354 g/mol. The quantitative estimate of drug-likeness (QED) is 0.832. The summed E-state index contributed by atoms with van der Waals surface area (Å²) in [4.78, 5) is 11.0. The molecular formula is C17H19N5O3S. The lowest BCUT2D eigenvalue weighted by molar-refractivity contribution is 0.122.